The van der Waals surface area contributed by atoms with E-state index < -0.39 is 11.4 Å². The third kappa shape index (κ3) is 7.84. The SMILES string of the molecule is CCCCOC(=O)CCCCC(=O)Oc1c(-c2ccc(OCCCC)c(O)c2)oc2ccccc2c1=O. The summed E-state index contributed by atoms with van der Waals surface area (Å²) < 4.78 is 22.2. The minimum atomic E-state index is -0.619. The summed E-state index contributed by atoms with van der Waals surface area (Å²) in [6.45, 7) is 4.92. The molecule has 8 nitrogen and oxygen atoms in total. The summed E-state index contributed by atoms with van der Waals surface area (Å²) >= 11 is 0. The van der Waals surface area contributed by atoms with Gasteiger partial charge in [-0.2, -0.15) is 0 Å². The van der Waals surface area contributed by atoms with Gasteiger partial charge in [-0.15, -0.1) is 0 Å². The summed E-state index contributed by atoms with van der Waals surface area (Å²) in [5, 5.41) is 10.7. The summed E-state index contributed by atoms with van der Waals surface area (Å²) in [6, 6.07) is 11.3. The average Bonchev–Trinajstić information content (AvgIpc) is 2.89. The zero-order valence-corrected chi connectivity index (χ0v) is 21.4. The van der Waals surface area contributed by atoms with E-state index in [0.717, 1.165) is 25.7 Å². The number of aromatic hydroxyl groups is 1. The van der Waals surface area contributed by atoms with Crippen molar-refractivity contribution in [3.63, 3.8) is 0 Å². The number of esters is 2. The van der Waals surface area contributed by atoms with E-state index in [1.807, 2.05) is 13.8 Å². The van der Waals surface area contributed by atoms with Crippen LogP contribution in [0.1, 0.15) is 65.2 Å². The van der Waals surface area contributed by atoms with Crippen LogP contribution in [-0.4, -0.2) is 30.3 Å². The van der Waals surface area contributed by atoms with E-state index in [9.17, 15) is 19.5 Å². The minimum Gasteiger partial charge on any atom is -0.504 e. The van der Waals surface area contributed by atoms with Crippen molar-refractivity contribution in [2.45, 2.75) is 65.2 Å². The highest BCUT2D eigenvalue weighted by Crippen LogP contribution is 2.36. The van der Waals surface area contributed by atoms with Crippen LogP contribution in [0.3, 0.4) is 0 Å². The van der Waals surface area contributed by atoms with Gasteiger partial charge in [0.05, 0.1) is 18.6 Å². The zero-order chi connectivity index (χ0) is 26.6. The van der Waals surface area contributed by atoms with Gasteiger partial charge in [-0.05, 0) is 56.0 Å². The summed E-state index contributed by atoms with van der Waals surface area (Å²) in [6.07, 6.45) is 4.67. The van der Waals surface area contributed by atoms with Crippen molar-refractivity contribution >= 4 is 22.9 Å². The molecule has 1 aromatic heterocycles. The number of unbranched alkanes of at least 4 members (excludes halogenated alkanes) is 3. The van der Waals surface area contributed by atoms with Gasteiger partial charge in [0, 0.05) is 18.4 Å². The van der Waals surface area contributed by atoms with Gasteiger partial charge in [-0.25, -0.2) is 0 Å². The second kappa shape index (κ2) is 14.1. The first kappa shape index (κ1) is 27.8. The van der Waals surface area contributed by atoms with Crippen LogP contribution in [0.25, 0.3) is 22.3 Å². The number of rotatable bonds is 14. The number of hydrogen-bond donors (Lipinski definition) is 1. The zero-order valence-electron chi connectivity index (χ0n) is 21.4. The van der Waals surface area contributed by atoms with E-state index in [1.54, 1.807) is 36.4 Å². The van der Waals surface area contributed by atoms with Gasteiger partial charge in [0.1, 0.15) is 5.58 Å². The van der Waals surface area contributed by atoms with Gasteiger partial charge in [-0.3, -0.25) is 14.4 Å². The molecule has 0 aliphatic rings. The molecule has 198 valence electrons. The summed E-state index contributed by atoms with van der Waals surface area (Å²) in [4.78, 5) is 37.6. The van der Waals surface area contributed by atoms with E-state index in [0.29, 0.717) is 43.0 Å². The number of ether oxygens (including phenoxy) is 3. The molecule has 0 atom stereocenters. The molecule has 0 radical (unpaired) electrons. The topological polar surface area (TPSA) is 112 Å². The Labute approximate surface area is 216 Å². The maximum atomic E-state index is 13.2. The lowest BCUT2D eigenvalue weighted by Crippen LogP contribution is -2.16. The Morgan fingerprint density at radius 3 is 2.32 bits per heavy atom. The van der Waals surface area contributed by atoms with Gasteiger partial charge in [0.15, 0.2) is 17.3 Å². The normalized spacial score (nSPS) is 10.9. The third-order valence-electron chi connectivity index (χ3n) is 5.72. The molecule has 37 heavy (non-hydrogen) atoms. The van der Waals surface area contributed by atoms with Crippen molar-refractivity contribution in [2.75, 3.05) is 13.2 Å². The van der Waals surface area contributed by atoms with Crippen molar-refractivity contribution in [2.24, 2.45) is 0 Å². The maximum Gasteiger partial charge on any atom is 0.311 e. The molecule has 3 aromatic rings. The molecule has 0 unspecified atom stereocenters. The lowest BCUT2D eigenvalue weighted by Gasteiger charge is -2.12. The molecule has 2 aromatic carbocycles. The Hall–Kier alpha value is -3.81. The molecule has 0 amide bonds. The van der Waals surface area contributed by atoms with E-state index >= 15 is 0 Å². The Bertz CT molecular complexity index is 1260. The number of hydrogen-bond acceptors (Lipinski definition) is 8. The van der Waals surface area contributed by atoms with E-state index in [4.69, 9.17) is 18.6 Å². The Kier molecular flexibility index (Phi) is 10.6. The number of para-hydroxylation sites is 1. The predicted molar refractivity (Wildman–Crippen MR) is 140 cm³/mol. The quantitative estimate of drug-likeness (QED) is 0.203. The fraction of sp³-hybridized carbons (Fsp3) is 0.414. The van der Waals surface area contributed by atoms with Gasteiger partial charge in [0.25, 0.3) is 0 Å². The van der Waals surface area contributed by atoms with E-state index in [2.05, 4.69) is 0 Å². The largest absolute Gasteiger partial charge is 0.504 e. The Balaban J connectivity index is 1.77. The molecule has 8 heteroatoms. The highest BCUT2D eigenvalue weighted by atomic mass is 16.5. The Morgan fingerprint density at radius 1 is 0.892 bits per heavy atom. The van der Waals surface area contributed by atoms with E-state index in [1.165, 1.54) is 6.07 Å². The van der Waals surface area contributed by atoms with Crippen LogP contribution in [0.4, 0.5) is 0 Å². The molecule has 0 spiro atoms. The van der Waals surface area contributed by atoms with Crippen molar-refractivity contribution in [1.82, 2.24) is 0 Å². The third-order valence-corrected chi connectivity index (χ3v) is 5.72. The first-order chi connectivity index (χ1) is 17.9. The van der Waals surface area contributed by atoms with Crippen molar-refractivity contribution in [1.29, 1.82) is 0 Å². The standard InChI is InChI=1S/C29H34O8/c1-3-5-17-34-24-16-15-20(19-22(24)30)28-29(27(33)21-11-7-8-12-23(21)36-28)37-26(32)14-10-9-13-25(31)35-18-6-4-2/h7-8,11-12,15-16,19,30H,3-6,9-10,13-14,17-18H2,1-2H3. The lowest BCUT2D eigenvalue weighted by atomic mass is 10.1. The van der Waals surface area contributed by atoms with Crippen LogP contribution in [0, 0.1) is 0 Å². The van der Waals surface area contributed by atoms with Gasteiger partial charge >= 0.3 is 11.9 Å². The van der Waals surface area contributed by atoms with Gasteiger partial charge < -0.3 is 23.7 Å². The highest BCUT2D eigenvalue weighted by Gasteiger charge is 2.21. The number of phenols is 1. The lowest BCUT2D eigenvalue weighted by molar-refractivity contribution is -0.144. The molecule has 3 rings (SSSR count). The molecule has 0 aliphatic carbocycles. The summed E-state index contributed by atoms with van der Waals surface area (Å²) in [7, 11) is 0. The van der Waals surface area contributed by atoms with Crippen LogP contribution in [-0.2, 0) is 14.3 Å². The average molecular weight is 511 g/mol. The number of fused-ring (bicyclic) bond motifs is 1. The first-order valence-corrected chi connectivity index (χ1v) is 12.8. The van der Waals surface area contributed by atoms with Crippen LogP contribution in [0.15, 0.2) is 51.7 Å². The van der Waals surface area contributed by atoms with Crippen LogP contribution in [0.5, 0.6) is 17.2 Å². The van der Waals surface area contributed by atoms with Crippen LogP contribution < -0.4 is 14.9 Å². The number of carbonyl (C=O) groups is 2. The molecule has 1 N–H and O–H groups in total. The smallest absolute Gasteiger partial charge is 0.311 e. The Morgan fingerprint density at radius 2 is 1.59 bits per heavy atom. The molecule has 0 fully saturated rings. The van der Waals surface area contributed by atoms with Crippen molar-refractivity contribution < 1.29 is 33.3 Å². The van der Waals surface area contributed by atoms with Gasteiger partial charge in [0.2, 0.25) is 11.2 Å². The molecule has 0 saturated heterocycles. The molecule has 1 heterocycles. The number of phenolic OH excluding ortho intramolecular Hbond substituents is 1. The first-order valence-electron chi connectivity index (χ1n) is 12.8. The molecular weight excluding hydrogens is 476 g/mol. The predicted octanol–water partition coefficient (Wildman–Crippen LogP) is 6.15. The molecule has 0 aliphatic heterocycles. The monoisotopic (exact) mass is 510 g/mol. The second-order valence-electron chi connectivity index (χ2n) is 8.73. The fourth-order valence-electron chi connectivity index (χ4n) is 3.62. The second-order valence-corrected chi connectivity index (χ2v) is 8.73. The number of benzene rings is 2. The molecule has 0 saturated carbocycles. The van der Waals surface area contributed by atoms with E-state index in [-0.39, 0.29) is 41.5 Å². The maximum absolute atomic E-state index is 13.2. The highest BCUT2D eigenvalue weighted by molar-refractivity contribution is 5.84. The summed E-state index contributed by atoms with van der Waals surface area (Å²) in [5.74, 6) is -0.929. The summed E-state index contributed by atoms with van der Waals surface area (Å²) in [5.41, 5.74) is 0.194. The van der Waals surface area contributed by atoms with Crippen LogP contribution in [0.2, 0.25) is 0 Å². The van der Waals surface area contributed by atoms with Crippen LogP contribution >= 0.6 is 0 Å². The molecular formula is C29H34O8. The fourth-order valence-corrected chi connectivity index (χ4v) is 3.62. The minimum absolute atomic E-state index is 0.0173. The van der Waals surface area contributed by atoms with Gasteiger partial charge in [-0.1, -0.05) is 38.8 Å². The number of carbonyl (C=O) groups excluding carboxylic acids is 2. The molecule has 0 bridgehead atoms. The van der Waals surface area contributed by atoms with Crippen molar-refractivity contribution in [3.05, 3.63) is 52.7 Å². The van der Waals surface area contributed by atoms with Crippen molar-refractivity contribution in [3.8, 4) is 28.6 Å².